The molecule has 0 radical (unpaired) electrons. The minimum Gasteiger partial charge on any atom is -0.488 e. The van der Waals surface area contributed by atoms with E-state index in [1.807, 2.05) is 32.2 Å². The Morgan fingerprint density at radius 1 is 1.20 bits per heavy atom. The zero-order valence-electron chi connectivity index (χ0n) is 14.4. The van der Waals surface area contributed by atoms with Crippen LogP contribution in [0.1, 0.15) is 18.2 Å². The predicted octanol–water partition coefficient (Wildman–Crippen LogP) is 3.81. The Morgan fingerprint density at radius 3 is 2.72 bits per heavy atom. The summed E-state index contributed by atoms with van der Waals surface area (Å²) >= 11 is 6.20. The van der Waals surface area contributed by atoms with Gasteiger partial charge in [0, 0.05) is 0 Å². The number of ether oxygens (including phenoxy) is 1. The molecule has 0 saturated carbocycles. The van der Waals surface area contributed by atoms with Gasteiger partial charge in [0.05, 0.1) is 29.8 Å². The second kappa shape index (κ2) is 7.53. The molecule has 25 heavy (non-hydrogen) atoms. The largest absolute Gasteiger partial charge is 0.488 e. The summed E-state index contributed by atoms with van der Waals surface area (Å²) < 4.78 is 7.59. The normalized spacial score (nSPS) is 12.0. The van der Waals surface area contributed by atoms with Gasteiger partial charge in [0.15, 0.2) is 5.75 Å². The number of hydrogen-bond donors (Lipinski definition) is 1. The number of nitrogens with zero attached hydrogens (tertiary/aromatic N) is 4. The highest BCUT2D eigenvalue weighted by atomic mass is 35.5. The Balaban J connectivity index is 1.58. The van der Waals surface area contributed by atoms with Gasteiger partial charge in [-0.15, -0.1) is 0 Å². The van der Waals surface area contributed by atoms with Crippen LogP contribution in [-0.2, 0) is 0 Å². The monoisotopic (exact) mass is 357 g/mol. The summed E-state index contributed by atoms with van der Waals surface area (Å²) in [7, 11) is 0. The van der Waals surface area contributed by atoms with Crippen LogP contribution in [0.5, 0.6) is 5.75 Å². The molecule has 1 unspecified atom stereocenters. The van der Waals surface area contributed by atoms with E-state index >= 15 is 0 Å². The van der Waals surface area contributed by atoms with Crippen LogP contribution < -0.4 is 10.1 Å². The number of rotatable bonds is 6. The molecule has 2 heterocycles. The van der Waals surface area contributed by atoms with Crippen molar-refractivity contribution in [3.8, 4) is 11.4 Å². The maximum atomic E-state index is 6.20. The van der Waals surface area contributed by atoms with Gasteiger partial charge in [0.2, 0.25) is 0 Å². The van der Waals surface area contributed by atoms with Gasteiger partial charge in [-0.2, -0.15) is 5.10 Å². The Labute approximate surface area is 151 Å². The van der Waals surface area contributed by atoms with Gasteiger partial charge in [-0.05, 0) is 32.9 Å². The molecule has 0 bridgehead atoms. The van der Waals surface area contributed by atoms with Gasteiger partial charge < -0.3 is 10.1 Å². The average molecular weight is 358 g/mol. The van der Waals surface area contributed by atoms with Gasteiger partial charge in [-0.1, -0.05) is 29.3 Å². The molecular formula is C18H20ClN5O. The molecule has 1 aromatic carbocycles. The van der Waals surface area contributed by atoms with Gasteiger partial charge in [0.1, 0.15) is 23.8 Å². The zero-order chi connectivity index (χ0) is 17.8. The summed E-state index contributed by atoms with van der Waals surface area (Å²) in [4.78, 5) is 8.21. The first-order valence-electron chi connectivity index (χ1n) is 8.01. The number of halogens is 1. The van der Waals surface area contributed by atoms with E-state index in [0.717, 1.165) is 11.4 Å². The Hall–Kier alpha value is -2.60. The van der Waals surface area contributed by atoms with Crippen LogP contribution in [0.4, 0.5) is 5.82 Å². The smallest absolute Gasteiger partial charge is 0.157 e. The Bertz CT molecular complexity index is 847. The molecule has 1 atom stereocenters. The number of benzene rings is 1. The fourth-order valence-corrected chi connectivity index (χ4v) is 2.43. The first kappa shape index (κ1) is 17.2. The maximum Gasteiger partial charge on any atom is 0.157 e. The van der Waals surface area contributed by atoms with Crippen molar-refractivity contribution in [3.05, 3.63) is 59.3 Å². The fraction of sp³-hybridized carbons (Fsp3) is 0.278. The number of aryl methyl sites for hydroxylation is 2. The molecule has 6 nitrogen and oxygen atoms in total. The van der Waals surface area contributed by atoms with Crippen LogP contribution in [0.2, 0.25) is 5.02 Å². The minimum absolute atomic E-state index is 0.0227. The molecule has 0 fully saturated rings. The summed E-state index contributed by atoms with van der Waals surface area (Å²) in [5.74, 6) is 1.32. The number of aromatic nitrogens is 4. The first-order valence-corrected chi connectivity index (χ1v) is 8.39. The van der Waals surface area contributed by atoms with E-state index in [9.17, 15) is 0 Å². The zero-order valence-corrected chi connectivity index (χ0v) is 15.2. The van der Waals surface area contributed by atoms with Crippen molar-refractivity contribution in [3.63, 3.8) is 0 Å². The van der Waals surface area contributed by atoms with E-state index in [-0.39, 0.29) is 6.04 Å². The Kier molecular flexibility index (Phi) is 5.19. The molecule has 3 aromatic rings. The van der Waals surface area contributed by atoms with Crippen LogP contribution in [-0.4, -0.2) is 32.4 Å². The van der Waals surface area contributed by atoms with E-state index in [0.29, 0.717) is 23.2 Å². The predicted molar refractivity (Wildman–Crippen MR) is 98.7 cm³/mol. The molecule has 0 aliphatic heterocycles. The molecule has 0 saturated heterocycles. The molecular weight excluding hydrogens is 338 g/mol. The molecule has 0 aliphatic carbocycles. The van der Waals surface area contributed by atoms with Crippen molar-refractivity contribution in [2.24, 2.45) is 0 Å². The van der Waals surface area contributed by atoms with Crippen molar-refractivity contribution in [1.29, 1.82) is 0 Å². The standard InChI is InChI=1S/C18H20ClN5O/c1-12-4-6-15(7-5-12)24-9-16(8-22-24)25-10-13(2)23-18-17(19)14(3)20-11-21-18/h4-9,11,13H,10H2,1-3H3,(H,20,21,23). The van der Waals surface area contributed by atoms with Crippen LogP contribution in [0, 0.1) is 13.8 Å². The second-order valence-corrected chi connectivity index (χ2v) is 6.31. The van der Waals surface area contributed by atoms with Crippen molar-refractivity contribution >= 4 is 17.4 Å². The van der Waals surface area contributed by atoms with Crippen LogP contribution in [0.25, 0.3) is 5.69 Å². The van der Waals surface area contributed by atoms with Crippen molar-refractivity contribution < 1.29 is 4.74 Å². The van der Waals surface area contributed by atoms with Crippen LogP contribution in [0.3, 0.4) is 0 Å². The van der Waals surface area contributed by atoms with Crippen molar-refractivity contribution in [2.45, 2.75) is 26.8 Å². The summed E-state index contributed by atoms with van der Waals surface area (Å²) in [6, 6.07) is 8.17. The van der Waals surface area contributed by atoms with E-state index in [1.54, 1.807) is 10.9 Å². The number of hydrogen-bond acceptors (Lipinski definition) is 5. The van der Waals surface area contributed by atoms with Gasteiger partial charge in [-0.3, -0.25) is 0 Å². The summed E-state index contributed by atoms with van der Waals surface area (Å²) in [5, 5.41) is 8.09. The highest BCUT2D eigenvalue weighted by Crippen LogP contribution is 2.21. The van der Waals surface area contributed by atoms with Crippen molar-refractivity contribution in [1.82, 2.24) is 19.7 Å². The lowest BCUT2D eigenvalue weighted by molar-refractivity contribution is 0.303. The third-order valence-electron chi connectivity index (χ3n) is 3.70. The molecule has 3 rings (SSSR count). The summed E-state index contributed by atoms with van der Waals surface area (Å²) in [6.45, 7) is 6.36. The third-order valence-corrected chi connectivity index (χ3v) is 4.16. The highest BCUT2D eigenvalue weighted by Gasteiger charge is 2.10. The van der Waals surface area contributed by atoms with E-state index < -0.39 is 0 Å². The van der Waals surface area contributed by atoms with Gasteiger partial charge >= 0.3 is 0 Å². The average Bonchev–Trinajstić information content (AvgIpc) is 3.07. The molecule has 0 amide bonds. The van der Waals surface area contributed by atoms with Crippen LogP contribution >= 0.6 is 11.6 Å². The first-order chi connectivity index (χ1) is 12.0. The minimum atomic E-state index is 0.0227. The molecule has 130 valence electrons. The summed E-state index contributed by atoms with van der Waals surface area (Å²) in [5.41, 5.74) is 2.95. The lowest BCUT2D eigenvalue weighted by Crippen LogP contribution is -2.24. The lowest BCUT2D eigenvalue weighted by Gasteiger charge is -2.15. The number of anilines is 1. The second-order valence-electron chi connectivity index (χ2n) is 5.93. The SMILES string of the molecule is Cc1ccc(-n2cc(OCC(C)Nc3ncnc(C)c3Cl)cn2)cc1. The molecule has 1 N–H and O–H groups in total. The fourth-order valence-electron chi connectivity index (χ4n) is 2.27. The van der Waals surface area contributed by atoms with E-state index in [1.165, 1.54) is 11.9 Å². The molecule has 0 spiro atoms. The molecule has 7 heteroatoms. The topological polar surface area (TPSA) is 64.9 Å². The quantitative estimate of drug-likeness (QED) is 0.726. The third kappa shape index (κ3) is 4.28. The summed E-state index contributed by atoms with van der Waals surface area (Å²) in [6.07, 6.45) is 5.05. The molecule has 2 aromatic heterocycles. The van der Waals surface area contributed by atoms with Gasteiger partial charge in [0.25, 0.3) is 0 Å². The number of nitrogens with one attached hydrogen (secondary N) is 1. The van der Waals surface area contributed by atoms with Crippen LogP contribution in [0.15, 0.2) is 43.0 Å². The lowest BCUT2D eigenvalue weighted by atomic mass is 10.2. The van der Waals surface area contributed by atoms with Crippen molar-refractivity contribution in [2.75, 3.05) is 11.9 Å². The maximum absolute atomic E-state index is 6.20. The van der Waals surface area contributed by atoms with E-state index in [2.05, 4.69) is 39.4 Å². The molecule has 0 aliphatic rings. The van der Waals surface area contributed by atoms with Gasteiger partial charge in [-0.25, -0.2) is 14.6 Å². The Morgan fingerprint density at radius 2 is 1.96 bits per heavy atom. The highest BCUT2D eigenvalue weighted by molar-refractivity contribution is 6.33. The van der Waals surface area contributed by atoms with E-state index in [4.69, 9.17) is 16.3 Å².